The lowest BCUT2D eigenvalue weighted by Gasteiger charge is -2.19. The lowest BCUT2D eigenvalue weighted by atomic mass is 9.98. The van der Waals surface area contributed by atoms with Crippen LogP contribution in [0, 0.1) is 13.8 Å². The number of hydrogen-bond acceptors (Lipinski definition) is 4. The van der Waals surface area contributed by atoms with Crippen LogP contribution in [0.15, 0.2) is 24.3 Å². The van der Waals surface area contributed by atoms with Crippen molar-refractivity contribution in [1.29, 1.82) is 0 Å². The quantitative estimate of drug-likeness (QED) is 0.898. The number of anilines is 3. The topological polar surface area (TPSA) is 41.1 Å². The molecular formula is C19H26N4. The summed E-state index contributed by atoms with van der Waals surface area (Å²) in [4.78, 5) is 11.6. The van der Waals surface area contributed by atoms with E-state index in [4.69, 9.17) is 4.98 Å². The molecule has 2 heterocycles. The molecule has 0 aliphatic carbocycles. The minimum absolute atomic E-state index is 0.471. The summed E-state index contributed by atoms with van der Waals surface area (Å²) in [5, 5.41) is 3.55. The first kappa shape index (κ1) is 15.8. The number of para-hydroxylation sites is 1. The van der Waals surface area contributed by atoms with Crippen LogP contribution in [0.4, 0.5) is 17.5 Å². The predicted octanol–water partition coefficient (Wildman–Crippen LogP) is 4.56. The zero-order valence-corrected chi connectivity index (χ0v) is 14.6. The summed E-state index contributed by atoms with van der Waals surface area (Å²) in [5.74, 6) is 2.21. The second kappa shape index (κ2) is 6.57. The molecule has 1 aromatic carbocycles. The van der Waals surface area contributed by atoms with Crippen molar-refractivity contribution < 1.29 is 0 Å². The zero-order valence-electron chi connectivity index (χ0n) is 14.6. The highest BCUT2D eigenvalue weighted by atomic mass is 15.3. The molecule has 4 heteroatoms. The summed E-state index contributed by atoms with van der Waals surface area (Å²) in [5.41, 5.74) is 4.75. The molecule has 0 saturated carbocycles. The number of benzene rings is 1. The third-order valence-electron chi connectivity index (χ3n) is 4.41. The fraction of sp³-hybridized carbons (Fsp3) is 0.474. The summed E-state index contributed by atoms with van der Waals surface area (Å²) in [7, 11) is 0. The summed E-state index contributed by atoms with van der Waals surface area (Å²) in [6.45, 7) is 10.7. The van der Waals surface area contributed by atoms with Gasteiger partial charge in [-0.05, 0) is 43.7 Å². The minimum Gasteiger partial charge on any atom is -0.341 e. The van der Waals surface area contributed by atoms with Crippen LogP contribution in [0.5, 0.6) is 0 Å². The Morgan fingerprint density at radius 2 is 1.83 bits per heavy atom. The van der Waals surface area contributed by atoms with Gasteiger partial charge in [-0.15, -0.1) is 0 Å². The molecule has 0 amide bonds. The Labute approximate surface area is 139 Å². The van der Waals surface area contributed by atoms with E-state index in [2.05, 4.69) is 54.2 Å². The molecule has 0 spiro atoms. The van der Waals surface area contributed by atoms with Crippen LogP contribution in [-0.4, -0.2) is 23.1 Å². The Morgan fingerprint density at radius 3 is 2.52 bits per heavy atom. The monoisotopic (exact) mass is 310 g/mol. The summed E-state index contributed by atoms with van der Waals surface area (Å²) < 4.78 is 0. The Balaban J connectivity index is 1.94. The number of hydrogen-bond donors (Lipinski definition) is 1. The third kappa shape index (κ3) is 3.46. The number of rotatable bonds is 4. The van der Waals surface area contributed by atoms with E-state index >= 15 is 0 Å². The van der Waals surface area contributed by atoms with Crippen molar-refractivity contribution in [2.45, 2.75) is 46.5 Å². The maximum Gasteiger partial charge on any atom is 0.227 e. The van der Waals surface area contributed by atoms with Crippen LogP contribution in [0.3, 0.4) is 0 Å². The molecule has 0 atom stereocenters. The largest absolute Gasteiger partial charge is 0.341 e. The molecule has 1 fully saturated rings. The van der Waals surface area contributed by atoms with Gasteiger partial charge < -0.3 is 10.2 Å². The zero-order chi connectivity index (χ0) is 16.4. The molecule has 0 unspecified atom stereocenters. The molecule has 1 aliphatic rings. The van der Waals surface area contributed by atoms with Gasteiger partial charge in [-0.1, -0.05) is 32.0 Å². The number of aryl methyl sites for hydroxylation is 2. The third-order valence-corrected chi connectivity index (χ3v) is 4.41. The van der Waals surface area contributed by atoms with Gasteiger partial charge in [0.2, 0.25) is 5.95 Å². The molecule has 2 aromatic rings. The highest BCUT2D eigenvalue weighted by molar-refractivity contribution is 5.66. The molecule has 1 saturated heterocycles. The van der Waals surface area contributed by atoms with Crippen molar-refractivity contribution in [3.8, 4) is 0 Å². The van der Waals surface area contributed by atoms with Gasteiger partial charge >= 0.3 is 0 Å². The Hall–Kier alpha value is -2.10. The van der Waals surface area contributed by atoms with Gasteiger partial charge in [0.05, 0.1) is 0 Å². The smallest absolute Gasteiger partial charge is 0.227 e. The standard InChI is InChI=1S/C19H26N4/c1-13(2)16-9-7-8-14(3)18(16)21-17-12-15(4)20-19(22-17)23-10-5-6-11-23/h7-9,12-13H,5-6,10-11H2,1-4H3,(H,20,21,22). The van der Waals surface area contributed by atoms with Crippen molar-refractivity contribution in [1.82, 2.24) is 9.97 Å². The Bertz CT molecular complexity index is 688. The first-order valence-corrected chi connectivity index (χ1v) is 8.52. The van der Waals surface area contributed by atoms with E-state index in [1.54, 1.807) is 0 Å². The summed E-state index contributed by atoms with van der Waals surface area (Å²) in [6.07, 6.45) is 2.46. The van der Waals surface area contributed by atoms with Gasteiger partial charge in [0.1, 0.15) is 5.82 Å². The van der Waals surface area contributed by atoms with Gasteiger partial charge in [0, 0.05) is 30.5 Å². The van der Waals surface area contributed by atoms with Gasteiger partial charge in [-0.25, -0.2) is 4.98 Å². The molecule has 0 bridgehead atoms. The number of aromatic nitrogens is 2. The fourth-order valence-corrected chi connectivity index (χ4v) is 3.15. The van der Waals surface area contributed by atoms with E-state index in [9.17, 15) is 0 Å². The van der Waals surface area contributed by atoms with Crippen LogP contribution in [0.1, 0.15) is 49.4 Å². The first-order valence-electron chi connectivity index (χ1n) is 8.52. The van der Waals surface area contributed by atoms with E-state index in [0.29, 0.717) is 5.92 Å². The van der Waals surface area contributed by atoms with Crippen LogP contribution in [-0.2, 0) is 0 Å². The molecule has 1 N–H and O–H groups in total. The summed E-state index contributed by atoms with van der Waals surface area (Å²) >= 11 is 0. The average molecular weight is 310 g/mol. The maximum atomic E-state index is 4.76. The first-order chi connectivity index (χ1) is 11.0. The normalized spacial score (nSPS) is 14.6. The molecule has 3 rings (SSSR count). The van der Waals surface area contributed by atoms with Crippen molar-refractivity contribution in [3.63, 3.8) is 0 Å². The van der Waals surface area contributed by atoms with Crippen LogP contribution in [0.25, 0.3) is 0 Å². The van der Waals surface area contributed by atoms with E-state index in [-0.39, 0.29) is 0 Å². The van der Waals surface area contributed by atoms with E-state index < -0.39 is 0 Å². The van der Waals surface area contributed by atoms with Gasteiger partial charge in [-0.2, -0.15) is 4.98 Å². The van der Waals surface area contributed by atoms with Gasteiger partial charge in [0.15, 0.2) is 0 Å². The maximum absolute atomic E-state index is 4.76. The van der Waals surface area contributed by atoms with Crippen LogP contribution >= 0.6 is 0 Å². The summed E-state index contributed by atoms with van der Waals surface area (Å²) in [6, 6.07) is 8.48. The van der Waals surface area contributed by atoms with Crippen molar-refractivity contribution in [2.24, 2.45) is 0 Å². The van der Waals surface area contributed by atoms with E-state index in [0.717, 1.165) is 30.5 Å². The Kier molecular flexibility index (Phi) is 4.51. The second-order valence-electron chi connectivity index (χ2n) is 6.71. The highest BCUT2D eigenvalue weighted by Gasteiger charge is 2.17. The molecule has 23 heavy (non-hydrogen) atoms. The van der Waals surface area contributed by atoms with Crippen LogP contribution < -0.4 is 10.2 Å². The lowest BCUT2D eigenvalue weighted by Crippen LogP contribution is -2.21. The molecule has 1 aliphatic heterocycles. The van der Waals surface area contributed by atoms with Crippen LogP contribution in [0.2, 0.25) is 0 Å². The van der Waals surface area contributed by atoms with Crippen molar-refractivity contribution in [2.75, 3.05) is 23.3 Å². The molecule has 122 valence electrons. The van der Waals surface area contributed by atoms with Gasteiger partial charge in [0.25, 0.3) is 0 Å². The number of nitrogens with zero attached hydrogens (tertiary/aromatic N) is 3. The Morgan fingerprint density at radius 1 is 1.09 bits per heavy atom. The molecule has 1 aromatic heterocycles. The average Bonchev–Trinajstić information content (AvgIpc) is 3.03. The second-order valence-corrected chi connectivity index (χ2v) is 6.71. The highest BCUT2D eigenvalue weighted by Crippen LogP contribution is 2.30. The minimum atomic E-state index is 0.471. The van der Waals surface area contributed by atoms with Gasteiger partial charge in [-0.3, -0.25) is 0 Å². The predicted molar refractivity (Wildman–Crippen MR) is 96.8 cm³/mol. The number of nitrogens with one attached hydrogen (secondary N) is 1. The van der Waals surface area contributed by atoms with Crippen molar-refractivity contribution in [3.05, 3.63) is 41.1 Å². The van der Waals surface area contributed by atoms with E-state index in [1.165, 1.54) is 29.7 Å². The molecule has 4 nitrogen and oxygen atoms in total. The van der Waals surface area contributed by atoms with E-state index in [1.807, 2.05) is 13.0 Å². The molecular weight excluding hydrogens is 284 g/mol. The lowest BCUT2D eigenvalue weighted by molar-refractivity contribution is 0.866. The molecule has 0 radical (unpaired) electrons. The fourth-order valence-electron chi connectivity index (χ4n) is 3.15. The SMILES string of the molecule is Cc1cc(Nc2c(C)cccc2C(C)C)nc(N2CCCC2)n1. The van der Waals surface area contributed by atoms with Crippen molar-refractivity contribution >= 4 is 17.5 Å².